The molecule has 8 heteroatoms. The molecule has 4 rings (SSSR count). The minimum Gasteiger partial charge on any atom is -0.302 e. The van der Waals surface area contributed by atoms with Crippen LogP contribution in [0.1, 0.15) is 46.0 Å². The second kappa shape index (κ2) is 8.04. The fraction of sp³-hybridized carbons (Fsp3) is 0.238. The molecule has 3 amide bonds. The Morgan fingerprint density at radius 1 is 1.14 bits per heavy atom. The Labute approximate surface area is 180 Å². The molecule has 1 aliphatic heterocycles. The maximum Gasteiger partial charge on any atom is 0.261 e. The number of aromatic nitrogens is 1. The Kier molecular flexibility index (Phi) is 5.47. The van der Waals surface area contributed by atoms with E-state index in [1.807, 2.05) is 12.1 Å². The zero-order valence-corrected chi connectivity index (χ0v) is 18.1. The first-order valence-corrected chi connectivity index (χ1v) is 10.9. The minimum absolute atomic E-state index is 0.181. The van der Waals surface area contributed by atoms with Crippen LogP contribution in [0.3, 0.4) is 0 Å². The monoisotopic (exact) mass is 471 g/mol. The molecular formula is C21H18BrN3O3S. The molecule has 0 aliphatic carbocycles. The Morgan fingerprint density at radius 2 is 1.93 bits per heavy atom. The van der Waals surface area contributed by atoms with E-state index < -0.39 is 0 Å². The number of halogens is 1. The highest BCUT2D eigenvalue weighted by Gasteiger charge is 2.35. The number of carbonyl (C=O) groups excluding carboxylic acids is 3. The first-order valence-electron chi connectivity index (χ1n) is 9.31. The zero-order chi connectivity index (χ0) is 20.5. The van der Waals surface area contributed by atoms with Crippen LogP contribution in [0.4, 0.5) is 5.13 Å². The molecule has 0 unspecified atom stereocenters. The number of nitrogens with one attached hydrogen (secondary N) is 1. The summed E-state index contributed by atoms with van der Waals surface area (Å²) in [6.07, 6.45) is 1.54. The lowest BCUT2D eigenvalue weighted by Gasteiger charge is -2.13. The van der Waals surface area contributed by atoms with E-state index in [0.717, 1.165) is 21.1 Å². The molecule has 1 aliphatic rings. The van der Waals surface area contributed by atoms with E-state index >= 15 is 0 Å². The van der Waals surface area contributed by atoms with Crippen molar-refractivity contribution in [3.05, 3.63) is 57.6 Å². The summed E-state index contributed by atoms with van der Waals surface area (Å²) in [5, 5.41) is 3.37. The SMILES string of the molecule is CCc1ccc2nc(NC(=O)CCCN3C(=O)c4ccc(Br)cc4C3=O)sc2c1. The molecule has 148 valence electrons. The van der Waals surface area contributed by atoms with E-state index in [9.17, 15) is 14.4 Å². The molecule has 1 N–H and O–H groups in total. The smallest absolute Gasteiger partial charge is 0.261 e. The third-order valence-corrected chi connectivity index (χ3v) is 6.25. The van der Waals surface area contributed by atoms with Gasteiger partial charge in [-0.3, -0.25) is 19.3 Å². The van der Waals surface area contributed by atoms with Crippen LogP contribution in [0.5, 0.6) is 0 Å². The molecule has 0 atom stereocenters. The predicted molar refractivity (Wildman–Crippen MR) is 116 cm³/mol. The Morgan fingerprint density at radius 3 is 2.72 bits per heavy atom. The van der Waals surface area contributed by atoms with Crippen LogP contribution in [-0.2, 0) is 11.2 Å². The van der Waals surface area contributed by atoms with Gasteiger partial charge in [0.15, 0.2) is 5.13 Å². The highest BCUT2D eigenvalue weighted by Crippen LogP contribution is 2.28. The van der Waals surface area contributed by atoms with E-state index in [1.54, 1.807) is 18.2 Å². The summed E-state index contributed by atoms with van der Waals surface area (Å²) in [4.78, 5) is 42.8. The summed E-state index contributed by atoms with van der Waals surface area (Å²) in [6.45, 7) is 2.30. The van der Waals surface area contributed by atoms with Crippen molar-refractivity contribution in [2.45, 2.75) is 26.2 Å². The number of nitrogens with zero attached hydrogens (tertiary/aromatic N) is 2. The number of amides is 3. The fourth-order valence-electron chi connectivity index (χ4n) is 3.29. The van der Waals surface area contributed by atoms with Crippen LogP contribution in [-0.4, -0.2) is 34.2 Å². The topological polar surface area (TPSA) is 79.4 Å². The summed E-state index contributed by atoms with van der Waals surface area (Å²) in [7, 11) is 0. The second-order valence-corrected chi connectivity index (χ2v) is 8.72. The van der Waals surface area contributed by atoms with Crippen molar-refractivity contribution in [1.29, 1.82) is 0 Å². The molecule has 0 saturated carbocycles. The van der Waals surface area contributed by atoms with E-state index in [4.69, 9.17) is 0 Å². The highest BCUT2D eigenvalue weighted by molar-refractivity contribution is 9.10. The third-order valence-electron chi connectivity index (χ3n) is 4.83. The van der Waals surface area contributed by atoms with Crippen LogP contribution in [0.15, 0.2) is 40.9 Å². The van der Waals surface area contributed by atoms with Gasteiger partial charge in [-0.05, 0) is 48.7 Å². The number of imide groups is 1. The summed E-state index contributed by atoms with van der Waals surface area (Å²) < 4.78 is 1.79. The maximum atomic E-state index is 12.5. The van der Waals surface area contributed by atoms with Gasteiger partial charge in [0.1, 0.15) is 0 Å². The van der Waals surface area contributed by atoms with Crippen molar-refractivity contribution >= 4 is 60.3 Å². The van der Waals surface area contributed by atoms with Gasteiger partial charge in [-0.1, -0.05) is 40.3 Å². The summed E-state index contributed by atoms with van der Waals surface area (Å²) in [6, 6.07) is 11.1. The van der Waals surface area contributed by atoms with Crippen molar-refractivity contribution in [1.82, 2.24) is 9.88 Å². The van der Waals surface area contributed by atoms with Gasteiger partial charge in [0.2, 0.25) is 5.91 Å². The van der Waals surface area contributed by atoms with Gasteiger partial charge in [-0.2, -0.15) is 0 Å². The highest BCUT2D eigenvalue weighted by atomic mass is 79.9. The fourth-order valence-corrected chi connectivity index (χ4v) is 4.59. The standard InChI is InChI=1S/C21H18BrN3O3S/c1-2-12-5-8-16-17(10-12)29-21(23-16)24-18(26)4-3-9-25-19(27)14-7-6-13(22)11-15(14)20(25)28/h5-8,10-11H,2-4,9H2,1H3,(H,23,24,26). The molecule has 3 aromatic rings. The molecule has 2 aromatic carbocycles. The van der Waals surface area contributed by atoms with Crippen molar-refractivity contribution in [3.8, 4) is 0 Å². The van der Waals surface area contributed by atoms with E-state index in [0.29, 0.717) is 22.7 Å². The van der Waals surface area contributed by atoms with Crippen molar-refractivity contribution in [3.63, 3.8) is 0 Å². The van der Waals surface area contributed by atoms with Crippen molar-refractivity contribution < 1.29 is 14.4 Å². The van der Waals surface area contributed by atoms with Crippen LogP contribution >= 0.6 is 27.3 Å². The maximum absolute atomic E-state index is 12.5. The molecule has 6 nitrogen and oxygen atoms in total. The number of rotatable bonds is 6. The molecule has 29 heavy (non-hydrogen) atoms. The van der Waals surface area contributed by atoms with Gasteiger partial charge in [-0.15, -0.1) is 0 Å². The Hall–Kier alpha value is -2.58. The van der Waals surface area contributed by atoms with Gasteiger partial charge in [0.05, 0.1) is 21.3 Å². The molecule has 0 spiro atoms. The number of aryl methyl sites for hydroxylation is 1. The minimum atomic E-state index is -0.315. The normalized spacial score (nSPS) is 13.2. The second-order valence-electron chi connectivity index (χ2n) is 6.78. The van der Waals surface area contributed by atoms with Gasteiger partial charge < -0.3 is 5.32 Å². The lowest BCUT2D eigenvalue weighted by atomic mass is 10.1. The molecule has 0 radical (unpaired) electrons. The number of thiazole rings is 1. The van der Waals surface area contributed by atoms with Crippen molar-refractivity contribution in [2.75, 3.05) is 11.9 Å². The van der Waals surface area contributed by atoms with Crippen LogP contribution in [0.2, 0.25) is 0 Å². The number of fused-ring (bicyclic) bond motifs is 2. The predicted octanol–water partition coefficient (Wildman–Crippen LogP) is 4.64. The summed E-state index contributed by atoms with van der Waals surface area (Å²) in [5.41, 5.74) is 2.89. The largest absolute Gasteiger partial charge is 0.302 e. The zero-order valence-electron chi connectivity index (χ0n) is 15.7. The quantitative estimate of drug-likeness (QED) is 0.531. The average molecular weight is 472 g/mol. The van der Waals surface area contributed by atoms with E-state index in [-0.39, 0.29) is 30.7 Å². The number of carbonyl (C=O) groups is 3. The number of hydrogen-bond donors (Lipinski definition) is 1. The lowest BCUT2D eigenvalue weighted by molar-refractivity contribution is -0.116. The molecule has 0 saturated heterocycles. The average Bonchev–Trinajstić information content (AvgIpc) is 3.20. The molecule has 2 heterocycles. The van der Waals surface area contributed by atoms with Gasteiger partial charge in [0, 0.05) is 17.4 Å². The van der Waals surface area contributed by atoms with Crippen LogP contribution in [0.25, 0.3) is 10.2 Å². The van der Waals surface area contributed by atoms with Crippen molar-refractivity contribution in [2.24, 2.45) is 0 Å². The van der Waals surface area contributed by atoms with E-state index in [1.165, 1.54) is 21.8 Å². The Balaban J connectivity index is 1.34. The first-order chi connectivity index (χ1) is 14.0. The molecule has 0 fully saturated rings. The van der Waals surface area contributed by atoms with Gasteiger partial charge in [0.25, 0.3) is 11.8 Å². The number of hydrogen-bond acceptors (Lipinski definition) is 5. The molecular weight excluding hydrogens is 454 g/mol. The van der Waals surface area contributed by atoms with E-state index in [2.05, 4.69) is 39.2 Å². The summed E-state index contributed by atoms with van der Waals surface area (Å²) in [5.74, 6) is -0.806. The molecule has 1 aromatic heterocycles. The summed E-state index contributed by atoms with van der Waals surface area (Å²) >= 11 is 4.76. The number of benzene rings is 2. The van der Waals surface area contributed by atoms with Crippen LogP contribution in [0, 0.1) is 0 Å². The Bertz CT molecular complexity index is 1140. The third kappa shape index (κ3) is 3.95. The van der Waals surface area contributed by atoms with Gasteiger partial charge >= 0.3 is 0 Å². The van der Waals surface area contributed by atoms with Gasteiger partial charge in [-0.25, -0.2) is 4.98 Å². The number of anilines is 1. The van der Waals surface area contributed by atoms with Crippen LogP contribution < -0.4 is 5.32 Å². The molecule has 0 bridgehead atoms. The lowest BCUT2D eigenvalue weighted by Crippen LogP contribution is -2.31. The first kappa shape index (κ1) is 19.7.